The predicted octanol–water partition coefficient (Wildman–Crippen LogP) is 5.87. The zero-order chi connectivity index (χ0) is 30.8. The van der Waals surface area contributed by atoms with Gasteiger partial charge in [-0.3, -0.25) is 9.78 Å². The molecule has 7 nitrogen and oxygen atoms in total. The highest BCUT2D eigenvalue weighted by molar-refractivity contribution is 7.12. The van der Waals surface area contributed by atoms with Gasteiger partial charge >= 0.3 is 6.18 Å². The average Bonchev–Trinajstić information content (AvgIpc) is 3.55. The standard InChI is InChI=1S/C29H25F5N6OS/c1-5-18(21-14-39(26(41)8-7-9-38(3)4)16-25-20(21)10-17(11-35)42-25)19(6-2)22-15-40(37-28(22)29(32,33)34)27-23(30)12-36-13-24(27)31/h5-8,10,12-13,15,21H,1-2,9,14,16H2,3-4H3/b8-7+,19-18-/t21-/m0/s1. The Morgan fingerprint density at radius 1 is 1.24 bits per heavy atom. The van der Waals surface area contributed by atoms with Crippen LogP contribution in [0.2, 0.25) is 0 Å². The van der Waals surface area contributed by atoms with Gasteiger partial charge in [-0.1, -0.05) is 31.4 Å². The number of hydrogen-bond acceptors (Lipinski definition) is 6. The minimum atomic E-state index is -5.01. The first kappa shape index (κ1) is 30.5. The number of nitriles is 1. The molecule has 0 bridgehead atoms. The number of thiophene rings is 1. The lowest BCUT2D eigenvalue weighted by molar-refractivity contribution is -0.141. The van der Waals surface area contributed by atoms with Crippen molar-refractivity contribution in [3.05, 3.63) is 106 Å². The van der Waals surface area contributed by atoms with Crippen LogP contribution in [0.25, 0.3) is 11.3 Å². The van der Waals surface area contributed by atoms with Gasteiger partial charge in [0.1, 0.15) is 16.6 Å². The molecule has 0 radical (unpaired) electrons. The zero-order valence-electron chi connectivity index (χ0n) is 22.6. The maximum atomic E-state index is 14.5. The van der Waals surface area contributed by atoms with Gasteiger partial charge in [0.25, 0.3) is 0 Å². The molecule has 0 aromatic carbocycles. The van der Waals surface area contributed by atoms with Gasteiger partial charge in [0, 0.05) is 41.7 Å². The van der Waals surface area contributed by atoms with E-state index in [1.807, 2.05) is 19.0 Å². The van der Waals surface area contributed by atoms with Crippen LogP contribution in [0.15, 0.2) is 67.7 Å². The molecule has 218 valence electrons. The third-order valence-electron chi connectivity index (χ3n) is 6.55. The van der Waals surface area contributed by atoms with E-state index >= 15 is 0 Å². The molecule has 0 N–H and O–H groups in total. The van der Waals surface area contributed by atoms with Crippen LogP contribution in [-0.2, 0) is 17.5 Å². The molecule has 1 aliphatic rings. The molecule has 1 aliphatic heterocycles. The van der Waals surface area contributed by atoms with Crippen LogP contribution in [0.4, 0.5) is 22.0 Å². The van der Waals surface area contributed by atoms with E-state index in [0.717, 1.165) is 6.20 Å². The number of aromatic nitrogens is 3. The summed E-state index contributed by atoms with van der Waals surface area (Å²) in [6.45, 7) is 8.35. The monoisotopic (exact) mass is 600 g/mol. The molecule has 1 atom stereocenters. The van der Waals surface area contributed by atoms with E-state index in [4.69, 9.17) is 0 Å². The third kappa shape index (κ3) is 6.09. The lowest BCUT2D eigenvalue weighted by atomic mass is 9.83. The number of nitrogens with zero attached hydrogens (tertiary/aromatic N) is 6. The first-order valence-corrected chi connectivity index (χ1v) is 13.3. The Kier molecular flexibility index (Phi) is 8.89. The largest absolute Gasteiger partial charge is 0.435 e. The zero-order valence-corrected chi connectivity index (χ0v) is 23.4. The maximum Gasteiger partial charge on any atom is 0.435 e. The molecule has 3 aromatic rings. The highest BCUT2D eigenvalue weighted by Crippen LogP contribution is 2.43. The molecule has 0 aliphatic carbocycles. The molecule has 4 heterocycles. The van der Waals surface area contributed by atoms with Gasteiger partial charge in [-0.25, -0.2) is 13.5 Å². The number of amides is 1. The number of allylic oxidation sites excluding steroid dienone is 3. The van der Waals surface area contributed by atoms with Crippen molar-refractivity contribution in [3.63, 3.8) is 0 Å². The van der Waals surface area contributed by atoms with Crippen molar-refractivity contribution < 1.29 is 26.7 Å². The van der Waals surface area contributed by atoms with E-state index in [0.29, 0.717) is 38.9 Å². The molecule has 0 fully saturated rings. The Morgan fingerprint density at radius 3 is 2.50 bits per heavy atom. The summed E-state index contributed by atoms with van der Waals surface area (Å²) in [7, 11) is 3.69. The SMILES string of the molecule is C=C/C(=C(\C=C)[C@@H]1CN(C(=O)/C=C/CN(C)C)Cc2sc(C#N)cc21)c1cn(-c2c(F)cncc2F)nc1C(F)(F)F. The fourth-order valence-electron chi connectivity index (χ4n) is 4.72. The summed E-state index contributed by atoms with van der Waals surface area (Å²) in [4.78, 5) is 21.0. The average molecular weight is 601 g/mol. The number of fused-ring (bicyclic) bond motifs is 1. The molecular formula is C29H25F5N6OS. The van der Waals surface area contributed by atoms with Crippen LogP contribution in [0.1, 0.15) is 32.5 Å². The molecule has 0 spiro atoms. The molecular weight excluding hydrogens is 575 g/mol. The Morgan fingerprint density at radius 2 is 1.93 bits per heavy atom. The summed E-state index contributed by atoms with van der Waals surface area (Å²) in [5.41, 5.74) is -1.83. The van der Waals surface area contributed by atoms with Crippen LogP contribution in [0.3, 0.4) is 0 Å². The highest BCUT2D eigenvalue weighted by Gasteiger charge is 2.40. The van der Waals surface area contributed by atoms with Crippen LogP contribution < -0.4 is 0 Å². The maximum absolute atomic E-state index is 14.5. The van der Waals surface area contributed by atoms with Gasteiger partial charge in [-0.05, 0) is 36.9 Å². The number of carbonyl (C=O) groups excluding carboxylic acids is 1. The number of halogens is 5. The molecule has 42 heavy (non-hydrogen) atoms. The van der Waals surface area contributed by atoms with Gasteiger partial charge in [0.05, 0.1) is 18.9 Å². The second kappa shape index (κ2) is 12.2. The topological polar surface area (TPSA) is 78.0 Å². The molecule has 0 unspecified atom stereocenters. The Hall–Kier alpha value is -4.41. The smallest absolute Gasteiger partial charge is 0.333 e. The molecule has 0 saturated heterocycles. The summed E-state index contributed by atoms with van der Waals surface area (Å²) in [6.07, 6.45) is 2.86. The molecule has 4 rings (SSSR count). The van der Waals surface area contributed by atoms with Crippen LogP contribution in [0.5, 0.6) is 0 Å². The lowest BCUT2D eigenvalue weighted by Gasteiger charge is -2.34. The van der Waals surface area contributed by atoms with Crippen molar-refractivity contribution >= 4 is 22.8 Å². The van der Waals surface area contributed by atoms with Crippen molar-refractivity contribution in [1.29, 1.82) is 5.26 Å². The Balaban J connectivity index is 1.90. The number of alkyl halides is 3. The van der Waals surface area contributed by atoms with E-state index < -0.39 is 40.7 Å². The van der Waals surface area contributed by atoms with Crippen molar-refractivity contribution in [2.75, 3.05) is 27.2 Å². The summed E-state index contributed by atoms with van der Waals surface area (Å²) < 4.78 is 72.2. The van der Waals surface area contributed by atoms with Gasteiger partial charge in [-0.2, -0.15) is 23.5 Å². The van der Waals surface area contributed by atoms with E-state index in [1.165, 1.54) is 34.5 Å². The van der Waals surface area contributed by atoms with E-state index in [9.17, 15) is 32.0 Å². The van der Waals surface area contributed by atoms with Crippen LogP contribution in [-0.4, -0.2) is 57.7 Å². The Bertz CT molecular complexity index is 1620. The Labute approximate surface area is 242 Å². The van der Waals surface area contributed by atoms with E-state index in [-0.39, 0.29) is 30.1 Å². The van der Waals surface area contributed by atoms with Gasteiger partial charge in [0.2, 0.25) is 5.91 Å². The second-order valence-corrected chi connectivity index (χ2v) is 10.7. The predicted molar refractivity (Wildman–Crippen MR) is 148 cm³/mol. The van der Waals surface area contributed by atoms with Crippen molar-refractivity contribution in [2.45, 2.75) is 18.6 Å². The van der Waals surface area contributed by atoms with E-state index in [2.05, 4.69) is 29.3 Å². The number of pyridine rings is 1. The third-order valence-corrected chi connectivity index (χ3v) is 7.59. The number of likely N-dealkylation sites (N-methyl/N-ethyl adjacent to an activating group) is 1. The minimum Gasteiger partial charge on any atom is -0.333 e. The summed E-state index contributed by atoms with van der Waals surface area (Å²) in [5, 5.41) is 13.0. The summed E-state index contributed by atoms with van der Waals surface area (Å²) in [5.74, 6) is -3.42. The summed E-state index contributed by atoms with van der Waals surface area (Å²) >= 11 is 1.19. The quantitative estimate of drug-likeness (QED) is 0.184. The van der Waals surface area contributed by atoms with Crippen LogP contribution >= 0.6 is 11.3 Å². The van der Waals surface area contributed by atoms with Crippen molar-refractivity contribution in [3.8, 4) is 11.8 Å². The number of carbonyl (C=O) groups is 1. The van der Waals surface area contributed by atoms with Crippen molar-refractivity contribution in [2.24, 2.45) is 0 Å². The lowest BCUT2D eigenvalue weighted by Crippen LogP contribution is -2.37. The van der Waals surface area contributed by atoms with Gasteiger partial charge in [-0.15, -0.1) is 11.3 Å². The fourth-order valence-corrected chi connectivity index (χ4v) is 5.75. The molecule has 0 saturated carbocycles. The molecule has 3 aromatic heterocycles. The first-order valence-electron chi connectivity index (χ1n) is 12.5. The van der Waals surface area contributed by atoms with Gasteiger partial charge in [0.15, 0.2) is 17.3 Å². The molecule has 1 amide bonds. The number of rotatable bonds is 8. The summed E-state index contributed by atoms with van der Waals surface area (Å²) in [6, 6.07) is 3.73. The molecule has 13 heteroatoms. The van der Waals surface area contributed by atoms with E-state index in [1.54, 1.807) is 12.1 Å². The fraction of sp³-hybridized carbons (Fsp3) is 0.241. The van der Waals surface area contributed by atoms with Gasteiger partial charge < -0.3 is 9.80 Å². The number of hydrogen-bond donors (Lipinski definition) is 0. The second-order valence-electron chi connectivity index (χ2n) is 9.60. The minimum absolute atomic E-state index is 0.0449. The highest BCUT2D eigenvalue weighted by atomic mass is 32.1. The normalized spacial score (nSPS) is 15.9. The van der Waals surface area contributed by atoms with Crippen LogP contribution in [0, 0.1) is 23.0 Å². The van der Waals surface area contributed by atoms with Crippen molar-refractivity contribution in [1.82, 2.24) is 24.6 Å². The first-order chi connectivity index (χ1) is 19.9.